The number of hydrogen-bond donors (Lipinski definition) is 1. The van der Waals surface area contributed by atoms with Gasteiger partial charge in [0, 0.05) is 29.0 Å². The number of ketones is 1. The molecule has 1 heterocycles. The minimum atomic E-state index is -0.613. The van der Waals surface area contributed by atoms with Crippen LogP contribution in [-0.2, 0) is 20.9 Å². The van der Waals surface area contributed by atoms with E-state index < -0.39 is 11.9 Å². The summed E-state index contributed by atoms with van der Waals surface area (Å²) in [6.07, 6.45) is 1.96. The Morgan fingerprint density at radius 3 is 2.44 bits per heavy atom. The minimum absolute atomic E-state index is 0.0246. The van der Waals surface area contributed by atoms with Crippen molar-refractivity contribution >= 4 is 11.8 Å². The lowest BCUT2D eigenvalue weighted by Crippen LogP contribution is -2.34. The molecular formula is C27H29NO6. The van der Waals surface area contributed by atoms with E-state index >= 15 is 0 Å². The van der Waals surface area contributed by atoms with E-state index in [0.29, 0.717) is 40.3 Å². The number of para-hydroxylation sites is 1. The molecule has 1 aliphatic carbocycles. The van der Waals surface area contributed by atoms with Crippen LogP contribution in [0.15, 0.2) is 65.0 Å². The zero-order valence-electron chi connectivity index (χ0n) is 19.9. The summed E-state index contributed by atoms with van der Waals surface area (Å²) >= 11 is 0. The van der Waals surface area contributed by atoms with Crippen LogP contribution in [-0.4, -0.2) is 33.1 Å². The highest BCUT2D eigenvalue weighted by molar-refractivity contribution is 6.04. The Morgan fingerprint density at radius 2 is 1.76 bits per heavy atom. The number of hydrogen-bond acceptors (Lipinski definition) is 7. The van der Waals surface area contributed by atoms with Crippen molar-refractivity contribution in [1.82, 2.24) is 5.32 Å². The van der Waals surface area contributed by atoms with Gasteiger partial charge in [-0.1, -0.05) is 24.3 Å². The van der Waals surface area contributed by atoms with Crippen molar-refractivity contribution in [2.24, 2.45) is 0 Å². The highest BCUT2D eigenvalue weighted by Crippen LogP contribution is 2.47. The van der Waals surface area contributed by atoms with Gasteiger partial charge in [0.1, 0.15) is 12.4 Å². The van der Waals surface area contributed by atoms with E-state index in [9.17, 15) is 9.59 Å². The van der Waals surface area contributed by atoms with Crippen LogP contribution in [0.5, 0.6) is 17.2 Å². The number of carbonyl (C=O) groups excluding carboxylic acids is 2. The molecule has 1 aliphatic heterocycles. The molecule has 0 amide bonds. The summed E-state index contributed by atoms with van der Waals surface area (Å²) in [6.45, 7) is 1.94. The smallest absolute Gasteiger partial charge is 0.337 e. The Kier molecular flexibility index (Phi) is 6.91. The first-order valence-corrected chi connectivity index (χ1v) is 11.2. The summed E-state index contributed by atoms with van der Waals surface area (Å²) in [5, 5.41) is 3.31. The number of rotatable bonds is 7. The molecule has 0 saturated heterocycles. The van der Waals surface area contributed by atoms with Gasteiger partial charge in [-0.25, -0.2) is 4.79 Å². The maximum atomic E-state index is 13.5. The third-order valence-corrected chi connectivity index (χ3v) is 6.27. The second-order valence-electron chi connectivity index (χ2n) is 8.27. The molecule has 1 N–H and O–H groups in total. The van der Waals surface area contributed by atoms with E-state index in [1.165, 1.54) is 0 Å². The Bertz CT molecular complexity index is 1160. The predicted octanol–water partition coefficient (Wildman–Crippen LogP) is 4.42. The second kappa shape index (κ2) is 10.0. The van der Waals surface area contributed by atoms with Gasteiger partial charge in [0.25, 0.3) is 0 Å². The maximum absolute atomic E-state index is 13.5. The summed E-state index contributed by atoms with van der Waals surface area (Å²) < 4.78 is 22.1. The number of carbonyl (C=O) groups is 2. The molecule has 0 bridgehead atoms. The van der Waals surface area contributed by atoms with E-state index in [2.05, 4.69) is 5.32 Å². The molecule has 7 nitrogen and oxygen atoms in total. The van der Waals surface area contributed by atoms with Gasteiger partial charge in [-0.15, -0.1) is 0 Å². The molecule has 0 spiro atoms. The Balaban J connectivity index is 1.74. The molecule has 0 radical (unpaired) electrons. The van der Waals surface area contributed by atoms with E-state index in [1.54, 1.807) is 27.4 Å². The molecule has 0 fully saturated rings. The third kappa shape index (κ3) is 4.38. The van der Waals surface area contributed by atoms with Gasteiger partial charge in [-0.2, -0.15) is 0 Å². The molecule has 1 atom stereocenters. The zero-order valence-corrected chi connectivity index (χ0v) is 19.9. The predicted molar refractivity (Wildman–Crippen MR) is 127 cm³/mol. The Morgan fingerprint density at radius 1 is 1.00 bits per heavy atom. The lowest BCUT2D eigenvalue weighted by atomic mass is 9.75. The van der Waals surface area contributed by atoms with Gasteiger partial charge in [-0.3, -0.25) is 4.79 Å². The van der Waals surface area contributed by atoms with Gasteiger partial charge in [0.05, 0.1) is 32.8 Å². The van der Waals surface area contributed by atoms with Crippen LogP contribution in [0.3, 0.4) is 0 Å². The molecule has 34 heavy (non-hydrogen) atoms. The fourth-order valence-corrected chi connectivity index (χ4v) is 4.65. The monoisotopic (exact) mass is 463 g/mol. The van der Waals surface area contributed by atoms with E-state index in [-0.39, 0.29) is 12.4 Å². The van der Waals surface area contributed by atoms with E-state index in [0.717, 1.165) is 29.9 Å². The van der Waals surface area contributed by atoms with Gasteiger partial charge in [-0.05, 0) is 43.5 Å². The van der Waals surface area contributed by atoms with Crippen molar-refractivity contribution < 1.29 is 28.5 Å². The van der Waals surface area contributed by atoms with Gasteiger partial charge in [0.15, 0.2) is 17.3 Å². The number of nitrogens with one attached hydrogen (secondary N) is 1. The Labute approximate surface area is 199 Å². The van der Waals surface area contributed by atoms with Crippen LogP contribution in [0.25, 0.3) is 0 Å². The van der Waals surface area contributed by atoms with Crippen LogP contribution in [0, 0.1) is 0 Å². The second-order valence-corrected chi connectivity index (χ2v) is 8.27. The molecule has 2 aliphatic rings. The number of ether oxygens (including phenoxy) is 4. The van der Waals surface area contributed by atoms with Crippen LogP contribution in [0.2, 0.25) is 0 Å². The molecule has 4 rings (SSSR count). The van der Waals surface area contributed by atoms with Crippen LogP contribution >= 0.6 is 0 Å². The molecule has 0 aromatic heterocycles. The lowest BCUT2D eigenvalue weighted by molar-refractivity contribution is -0.140. The van der Waals surface area contributed by atoms with Crippen molar-refractivity contribution in [2.75, 3.05) is 21.3 Å². The van der Waals surface area contributed by atoms with E-state index in [4.69, 9.17) is 18.9 Å². The number of esters is 1. The quantitative estimate of drug-likeness (QED) is 0.609. The third-order valence-electron chi connectivity index (χ3n) is 6.27. The van der Waals surface area contributed by atoms with Crippen molar-refractivity contribution in [3.05, 3.63) is 76.1 Å². The number of Topliss-reactive ketones (excluding diaryl/α,β-unsaturated/α-hetero) is 1. The number of dihydropyridines is 1. The van der Waals surface area contributed by atoms with Gasteiger partial charge >= 0.3 is 5.97 Å². The average molecular weight is 464 g/mol. The number of allylic oxidation sites excluding steroid dienone is 3. The van der Waals surface area contributed by atoms with Crippen LogP contribution < -0.4 is 19.5 Å². The summed E-state index contributed by atoms with van der Waals surface area (Å²) in [4.78, 5) is 26.6. The van der Waals surface area contributed by atoms with Gasteiger partial charge < -0.3 is 24.3 Å². The van der Waals surface area contributed by atoms with Crippen molar-refractivity contribution in [2.45, 2.75) is 38.7 Å². The molecule has 2 aromatic rings. The topological polar surface area (TPSA) is 83.1 Å². The first-order valence-electron chi connectivity index (χ1n) is 11.2. The molecular weight excluding hydrogens is 434 g/mol. The first-order chi connectivity index (χ1) is 16.5. The molecule has 0 saturated carbocycles. The summed E-state index contributed by atoms with van der Waals surface area (Å²) in [5.41, 5.74) is 4.05. The Hall–Kier alpha value is -3.74. The average Bonchev–Trinajstić information content (AvgIpc) is 2.86. The first kappa shape index (κ1) is 23.4. The molecule has 2 aromatic carbocycles. The molecule has 178 valence electrons. The summed E-state index contributed by atoms with van der Waals surface area (Å²) in [6, 6.07) is 12.8. The fourth-order valence-electron chi connectivity index (χ4n) is 4.65. The highest BCUT2D eigenvalue weighted by Gasteiger charge is 2.40. The zero-order chi connectivity index (χ0) is 24.2. The normalized spacial score (nSPS) is 17.6. The van der Waals surface area contributed by atoms with Crippen molar-refractivity contribution in [3.63, 3.8) is 0 Å². The van der Waals surface area contributed by atoms with Gasteiger partial charge in [0.2, 0.25) is 0 Å². The fraction of sp³-hybridized carbons (Fsp3) is 0.333. The highest BCUT2D eigenvalue weighted by atomic mass is 16.5. The van der Waals surface area contributed by atoms with Crippen LogP contribution in [0.4, 0.5) is 0 Å². The SMILES string of the molecule is COc1ccc(COC(=O)C2=C(C)NC3=C(C(=O)CCC3)[C@@H]2c2cccc(OC)c2OC)cc1. The van der Waals surface area contributed by atoms with E-state index in [1.807, 2.05) is 43.3 Å². The molecule has 7 heteroatoms. The largest absolute Gasteiger partial charge is 0.497 e. The van der Waals surface area contributed by atoms with Crippen LogP contribution in [0.1, 0.15) is 43.2 Å². The number of methoxy groups -OCH3 is 3. The summed E-state index contributed by atoms with van der Waals surface area (Å²) in [7, 11) is 4.72. The summed E-state index contributed by atoms with van der Waals surface area (Å²) in [5.74, 6) is 0.683. The minimum Gasteiger partial charge on any atom is -0.497 e. The number of benzene rings is 2. The maximum Gasteiger partial charge on any atom is 0.337 e. The standard InChI is InChI=1S/C27H29NO6/c1-16-23(27(30)34-15-17-11-13-18(31-2)14-12-17)24(25-20(28-16)8-6-9-21(25)29)19-7-5-10-22(32-3)26(19)33-4/h5,7,10-14,24,28H,6,8-9,15H2,1-4H3/t24-/m1/s1. The molecule has 0 unspecified atom stereocenters. The van der Waals surface area contributed by atoms with Crippen molar-refractivity contribution in [3.8, 4) is 17.2 Å². The van der Waals surface area contributed by atoms with Crippen molar-refractivity contribution in [1.29, 1.82) is 0 Å². The lowest BCUT2D eigenvalue weighted by Gasteiger charge is -2.34.